The van der Waals surface area contributed by atoms with Crippen molar-refractivity contribution in [1.82, 2.24) is 4.90 Å². The molecule has 0 aliphatic rings. The molecular formula is C23H31NO4. The number of hydrogen-bond donors (Lipinski definition) is 1. The average Bonchev–Trinajstić information content (AvgIpc) is 2.61. The second kappa shape index (κ2) is 9.60. The lowest BCUT2D eigenvalue weighted by molar-refractivity contribution is 0.0278. The van der Waals surface area contributed by atoms with Crippen LogP contribution in [0.15, 0.2) is 48.5 Å². The van der Waals surface area contributed by atoms with E-state index in [9.17, 15) is 9.90 Å². The van der Waals surface area contributed by atoms with Gasteiger partial charge in [-0.05, 0) is 56.5 Å². The zero-order valence-electron chi connectivity index (χ0n) is 17.4. The van der Waals surface area contributed by atoms with Crippen molar-refractivity contribution >= 4 is 6.09 Å². The fourth-order valence-electron chi connectivity index (χ4n) is 2.73. The van der Waals surface area contributed by atoms with Crippen LogP contribution in [-0.2, 0) is 11.2 Å². The summed E-state index contributed by atoms with van der Waals surface area (Å²) in [5.74, 6) is 0.721. The topological polar surface area (TPSA) is 59.0 Å². The standard InChI is InChI=1S/C23H31NO4/c1-17(25)15-20-16-19(18-9-7-6-8-10-18)11-12-21(20)27-14-13-24(5)22(26)28-23(2,3)4/h6-12,16-17,25H,13-15H2,1-5H3. The van der Waals surface area contributed by atoms with Crippen LogP contribution >= 0.6 is 0 Å². The molecule has 0 aliphatic heterocycles. The third-order valence-corrected chi connectivity index (χ3v) is 4.07. The highest BCUT2D eigenvalue weighted by Crippen LogP contribution is 2.28. The summed E-state index contributed by atoms with van der Waals surface area (Å²) >= 11 is 0. The van der Waals surface area contributed by atoms with Gasteiger partial charge in [-0.15, -0.1) is 0 Å². The quantitative estimate of drug-likeness (QED) is 0.761. The Balaban J connectivity index is 2.05. The molecule has 2 aromatic carbocycles. The molecule has 0 fully saturated rings. The first-order valence-electron chi connectivity index (χ1n) is 9.59. The summed E-state index contributed by atoms with van der Waals surface area (Å²) in [5.41, 5.74) is 2.61. The highest BCUT2D eigenvalue weighted by Gasteiger charge is 2.19. The van der Waals surface area contributed by atoms with E-state index in [2.05, 4.69) is 18.2 Å². The Labute approximate surface area is 167 Å². The third kappa shape index (κ3) is 6.89. The first kappa shape index (κ1) is 21.8. The van der Waals surface area contributed by atoms with E-state index in [1.54, 1.807) is 14.0 Å². The van der Waals surface area contributed by atoms with Crippen LogP contribution in [0.25, 0.3) is 11.1 Å². The van der Waals surface area contributed by atoms with E-state index in [0.717, 1.165) is 22.4 Å². The van der Waals surface area contributed by atoms with E-state index in [1.165, 1.54) is 4.90 Å². The van der Waals surface area contributed by atoms with Crippen molar-refractivity contribution in [2.45, 2.75) is 45.8 Å². The molecule has 0 heterocycles. The number of ether oxygens (including phenoxy) is 2. The zero-order valence-corrected chi connectivity index (χ0v) is 17.4. The molecule has 0 spiro atoms. The van der Waals surface area contributed by atoms with Crippen LogP contribution in [-0.4, -0.2) is 48.0 Å². The van der Waals surface area contributed by atoms with Gasteiger partial charge in [0.2, 0.25) is 0 Å². The highest BCUT2D eigenvalue weighted by molar-refractivity contribution is 5.67. The summed E-state index contributed by atoms with van der Waals surface area (Å²) in [6.45, 7) is 8.02. The minimum Gasteiger partial charge on any atom is -0.491 e. The summed E-state index contributed by atoms with van der Waals surface area (Å²) in [4.78, 5) is 13.5. The monoisotopic (exact) mass is 385 g/mol. The first-order valence-corrected chi connectivity index (χ1v) is 9.59. The lowest BCUT2D eigenvalue weighted by Gasteiger charge is -2.24. The van der Waals surface area contributed by atoms with E-state index in [0.29, 0.717) is 19.6 Å². The Bertz CT molecular complexity index is 766. The molecule has 1 unspecified atom stereocenters. The lowest BCUT2D eigenvalue weighted by atomic mass is 9.99. The van der Waals surface area contributed by atoms with Gasteiger partial charge in [-0.1, -0.05) is 36.4 Å². The van der Waals surface area contributed by atoms with E-state index >= 15 is 0 Å². The van der Waals surface area contributed by atoms with Crippen molar-refractivity contribution in [1.29, 1.82) is 0 Å². The van der Waals surface area contributed by atoms with Crippen LogP contribution in [0.2, 0.25) is 0 Å². The first-order chi connectivity index (χ1) is 13.2. The number of rotatable bonds is 7. The van der Waals surface area contributed by atoms with Crippen LogP contribution in [0.1, 0.15) is 33.3 Å². The minimum atomic E-state index is -0.524. The Hall–Kier alpha value is -2.53. The molecule has 0 saturated heterocycles. The molecule has 0 bridgehead atoms. The zero-order chi connectivity index (χ0) is 20.7. The summed E-state index contributed by atoms with van der Waals surface area (Å²) in [5, 5.41) is 9.86. The molecule has 0 aliphatic carbocycles. The van der Waals surface area contributed by atoms with Crippen LogP contribution in [0.4, 0.5) is 4.79 Å². The Morgan fingerprint density at radius 3 is 2.39 bits per heavy atom. The SMILES string of the molecule is CC(O)Cc1cc(-c2ccccc2)ccc1OCCN(C)C(=O)OC(C)(C)C. The third-order valence-electron chi connectivity index (χ3n) is 4.07. The maximum Gasteiger partial charge on any atom is 0.410 e. The van der Waals surface area contributed by atoms with Crippen molar-refractivity contribution in [2.75, 3.05) is 20.2 Å². The molecule has 5 heteroatoms. The van der Waals surface area contributed by atoms with Gasteiger partial charge in [0.15, 0.2) is 0 Å². The Morgan fingerprint density at radius 1 is 1.11 bits per heavy atom. The molecule has 2 rings (SSSR count). The number of carbonyl (C=O) groups is 1. The number of aliphatic hydroxyl groups excluding tert-OH is 1. The number of likely N-dealkylation sites (N-methyl/N-ethyl adjacent to an activating group) is 1. The van der Waals surface area contributed by atoms with Gasteiger partial charge in [0, 0.05) is 13.5 Å². The number of nitrogens with zero attached hydrogens (tertiary/aromatic N) is 1. The molecule has 1 amide bonds. The number of carbonyl (C=O) groups excluding carboxylic acids is 1. The van der Waals surface area contributed by atoms with Gasteiger partial charge in [-0.3, -0.25) is 0 Å². The summed E-state index contributed by atoms with van der Waals surface area (Å²) in [6.07, 6.45) is -0.352. The normalized spacial score (nSPS) is 12.4. The largest absolute Gasteiger partial charge is 0.491 e. The number of aliphatic hydroxyl groups is 1. The van der Waals surface area contributed by atoms with Gasteiger partial charge in [-0.25, -0.2) is 4.79 Å². The predicted molar refractivity (Wildman–Crippen MR) is 112 cm³/mol. The van der Waals surface area contributed by atoms with E-state index in [1.807, 2.05) is 51.1 Å². The van der Waals surface area contributed by atoms with Crippen molar-refractivity contribution in [2.24, 2.45) is 0 Å². The molecule has 1 atom stereocenters. The molecule has 5 nitrogen and oxygen atoms in total. The maximum absolute atomic E-state index is 12.0. The fourth-order valence-corrected chi connectivity index (χ4v) is 2.73. The smallest absolute Gasteiger partial charge is 0.410 e. The van der Waals surface area contributed by atoms with Gasteiger partial charge in [-0.2, -0.15) is 0 Å². The van der Waals surface area contributed by atoms with E-state index in [4.69, 9.17) is 9.47 Å². The molecule has 152 valence electrons. The van der Waals surface area contributed by atoms with Crippen LogP contribution < -0.4 is 4.74 Å². The van der Waals surface area contributed by atoms with Gasteiger partial charge in [0.1, 0.15) is 18.0 Å². The van der Waals surface area contributed by atoms with Crippen molar-refractivity contribution < 1.29 is 19.4 Å². The maximum atomic E-state index is 12.0. The van der Waals surface area contributed by atoms with E-state index in [-0.39, 0.29) is 6.09 Å². The van der Waals surface area contributed by atoms with Gasteiger partial charge in [0.05, 0.1) is 12.6 Å². The second-order valence-corrected chi connectivity index (χ2v) is 7.99. The van der Waals surface area contributed by atoms with E-state index < -0.39 is 11.7 Å². The molecule has 0 radical (unpaired) electrons. The lowest BCUT2D eigenvalue weighted by Crippen LogP contribution is -2.36. The molecule has 2 aromatic rings. The van der Waals surface area contributed by atoms with Gasteiger partial charge >= 0.3 is 6.09 Å². The van der Waals surface area contributed by atoms with Gasteiger partial charge < -0.3 is 19.5 Å². The second-order valence-electron chi connectivity index (χ2n) is 7.99. The number of benzene rings is 2. The van der Waals surface area contributed by atoms with Crippen molar-refractivity contribution in [3.63, 3.8) is 0 Å². The van der Waals surface area contributed by atoms with Gasteiger partial charge in [0.25, 0.3) is 0 Å². The summed E-state index contributed by atoms with van der Waals surface area (Å²) in [7, 11) is 1.69. The minimum absolute atomic E-state index is 0.341. The van der Waals surface area contributed by atoms with Crippen molar-refractivity contribution in [3.8, 4) is 16.9 Å². The summed E-state index contributed by atoms with van der Waals surface area (Å²) in [6, 6.07) is 16.1. The van der Waals surface area contributed by atoms with Crippen LogP contribution in [0, 0.1) is 0 Å². The van der Waals surface area contributed by atoms with Crippen molar-refractivity contribution in [3.05, 3.63) is 54.1 Å². The summed E-state index contributed by atoms with van der Waals surface area (Å²) < 4.78 is 11.3. The Kier molecular flexibility index (Phi) is 7.46. The molecular weight excluding hydrogens is 354 g/mol. The molecule has 0 saturated carbocycles. The number of amides is 1. The average molecular weight is 386 g/mol. The number of hydrogen-bond acceptors (Lipinski definition) is 4. The Morgan fingerprint density at radius 2 is 1.79 bits per heavy atom. The fraction of sp³-hybridized carbons (Fsp3) is 0.435. The molecule has 1 N–H and O–H groups in total. The highest BCUT2D eigenvalue weighted by atomic mass is 16.6. The molecule has 0 aromatic heterocycles. The van der Waals surface area contributed by atoms with Crippen LogP contribution in [0.5, 0.6) is 5.75 Å². The molecule has 28 heavy (non-hydrogen) atoms. The van der Waals surface area contributed by atoms with Crippen LogP contribution in [0.3, 0.4) is 0 Å². The predicted octanol–water partition coefficient (Wildman–Crippen LogP) is 4.52.